The summed E-state index contributed by atoms with van der Waals surface area (Å²) in [4.78, 5) is 21.5. The van der Waals surface area contributed by atoms with Gasteiger partial charge in [-0.25, -0.2) is 9.97 Å². The Bertz CT molecular complexity index is 360. The van der Waals surface area contributed by atoms with Crippen LogP contribution in [0.1, 0.15) is 19.8 Å². The van der Waals surface area contributed by atoms with E-state index < -0.39 is 0 Å². The molecule has 0 radical (unpaired) electrons. The number of rotatable bonds is 3. The Balaban J connectivity index is 1.80. The van der Waals surface area contributed by atoms with E-state index in [4.69, 9.17) is 0 Å². The van der Waals surface area contributed by atoms with Crippen molar-refractivity contribution in [1.82, 2.24) is 15.3 Å². The molecule has 1 aliphatic rings. The van der Waals surface area contributed by atoms with Crippen molar-refractivity contribution in [2.24, 2.45) is 5.92 Å². The van der Waals surface area contributed by atoms with Gasteiger partial charge in [0.05, 0.1) is 0 Å². The van der Waals surface area contributed by atoms with Crippen molar-refractivity contribution in [2.45, 2.75) is 19.8 Å². The molecule has 2 heterocycles. The molecule has 17 heavy (non-hydrogen) atoms. The van der Waals surface area contributed by atoms with Gasteiger partial charge in [-0.3, -0.25) is 4.79 Å². The zero-order valence-corrected chi connectivity index (χ0v) is 10.1. The van der Waals surface area contributed by atoms with Gasteiger partial charge in [-0.2, -0.15) is 0 Å². The molecule has 92 valence electrons. The van der Waals surface area contributed by atoms with E-state index in [1.54, 1.807) is 19.3 Å². The zero-order valence-electron chi connectivity index (χ0n) is 10.1. The monoisotopic (exact) mass is 234 g/mol. The minimum Gasteiger partial charge on any atom is -0.356 e. The molecule has 5 heteroatoms. The minimum absolute atomic E-state index is 0.0545. The highest BCUT2D eigenvalue weighted by Gasteiger charge is 2.20. The normalized spacial score (nSPS) is 16.9. The van der Waals surface area contributed by atoms with Crippen molar-refractivity contribution < 1.29 is 4.79 Å². The number of hydrogen-bond donors (Lipinski definition) is 1. The highest BCUT2D eigenvalue weighted by atomic mass is 16.1. The predicted octanol–water partition coefficient (Wildman–Crippen LogP) is 0.829. The lowest BCUT2D eigenvalue weighted by Crippen LogP contribution is -2.38. The molecule has 1 fully saturated rings. The van der Waals surface area contributed by atoms with Crippen LogP contribution in [0, 0.1) is 5.92 Å². The number of aromatic nitrogens is 2. The Kier molecular flexibility index (Phi) is 3.90. The van der Waals surface area contributed by atoms with Gasteiger partial charge in [-0.1, -0.05) is 0 Å². The predicted molar refractivity (Wildman–Crippen MR) is 65.7 cm³/mol. The van der Waals surface area contributed by atoms with Crippen LogP contribution in [-0.4, -0.2) is 35.5 Å². The van der Waals surface area contributed by atoms with Crippen LogP contribution in [-0.2, 0) is 4.79 Å². The van der Waals surface area contributed by atoms with Gasteiger partial charge in [0.1, 0.15) is 0 Å². The average molecular weight is 234 g/mol. The third kappa shape index (κ3) is 3.41. The summed E-state index contributed by atoms with van der Waals surface area (Å²) in [7, 11) is 0. The molecule has 0 unspecified atom stereocenters. The number of nitrogens with zero attached hydrogens (tertiary/aromatic N) is 3. The maximum Gasteiger partial charge on any atom is 0.225 e. The molecule has 1 aromatic heterocycles. The first-order valence-electron chi connectivity index (χ1n) is 6.02. The molecule has 0 spiro atoms. The maximum absolute atomic E-state index is 10.8. The van der Waals surface area contributed by atoms with Crippen LogP contribution in [0.3, 0.4) is 0 Å². The van der Waals surface area contributed by atoms with E-state index in [9.17, 15) is 4.79 Å². The van der Waals surface area contributed by atoms with Gasteiger partial charge in [-0.15, -0.1) is 0 Å². The topological polar surface area (TPSA) is 58.1 Å². The van der Waals surface area contributed by atoms with E-state index in [0.29, 0.717) is 5.92 Å². The van der Waals surface area contributed by atoms with Crippen molar-refractivity contribution in [2.75, 3.05) is 24.5 Å². The molecule has 0 saturated carbocycles. The zero-order chi connectivity index (χ0) is 12.1. The fraction of sp³-hybridized carbons (Fsp3) is 0.583. The van der Waals surface area contributed by atoms with Crippen LogP contribution in [0.4, 0.5) is 5.95 Å². The summed E-state index contributed by atoms with van der Waals surface area (Å²) in [5, 5.41) is 2.88. The van der Waals surface area contributed by atoms with Gasteiger partial charge in [0.15, 0.2) is 0 Å². The second kappa shape index (κ2) is 5.61. The Morgan fingerprint density at radius 1 is 1.41 bits per heavy atom. The van der Waals surface area contributed by atoms with E-state index in [1.165, 1.54) is 0 Å². The molecule has 1 amide bonds. The third-order valence-corrected chi connectivity index (χ3v) is 3.09. The lowest BCUT2D eigenvalue weighted by molar-refractivity contribution is -0.119. The number of hydrogen-bond acceptors (Lipinski definition) is 4. The Hall–Kier alpha value is -1.65. The van der Waals surface area contributed by atoms with Crippen LogP contribution in [0.2, 0.25) is 0 Å². The van der Waals surface area contributed by atoms with Crippen molar-refractivity contribution in [3.05, 3.63) is 18.5 Å². The lowest BCUT2D eigenvalue weighted by Gasteiger charge is -2.31. The number of piperidine rings is 1. The maximum atomic E-state index is 10.8. The fourth-order valence-corrected chi connectivity index (χ4v) is 2.08. The third-order valence-electron chi connectivity index (χ3n) is 3.09. The molecule has 1 saturated heterocycles. The van der Waals surface area contributed by atoms with Crippen LogP contribution in [0.15, 0.2) is 18.5 Å². The first-order chi connectivity index (χ1) is 8.25. The van der Waals surface area contributed by atoms with E-state index in [2.05, 4.69) is 20.2 Å². The standard InChI is InChI=1S/C12H18N4O/c1-10(17)15-9-11-3-7-16(8-4-11)12-13-5-2-6-14-12/h2,5-6,11H,3-4,7-9H2,1H3,(H,15,17). The second-order valence-electron chi connectivity index (χ2n) is 4.42. The Morgan fingerprint density at radius 2 is 2.06 bits per heavy atom. The number of amides is 1. The quantitative estimate of drug-likeness (QED) is 0.841. The summed E-state index contributed by atoms with van der Waals surface area (Å²) >= 11 is 0. The average Bonchev–Trinajstić information content (AvgIpc) is 2.38. The summed E-state index contributed by atoms with van der Waals surface area (Å²) < 4.78 is 0. The summed E-state index contributed by atoms with van der Waals surface area (Å²) in [6.45, 7) is 4.29. The lowest BCUT2D eigenvalue weighted by atomic mass is 9.97. The van der Waals surface area contributed by atoms with Gasteiger partial charge in [0.25, 0.3) is 0 Å². The van der Waals surface area contributed by atoms with Crippen molar-refractivity contribution in [3.63, 3.8) is 0 Å². The molecular weight excluding hydrogens is 216 g/mol. The van der Waals surface area contributed by atoms with Gasteiger partial charge < -0.3 is 10.2 Å². The second-order valence-corrected chi connectivity index (χ2v) is 4.42. The molecule has 1 N–H and O–H groups in total. The highest BCUT2D eigenvalue weighted by Crippen LogP contribution is 2.19. The Labute approximate surface area is 101 Å². The van der Waals surface area contributed by atoms with Crippen molar-refractivity contribution in [3.8, 4) is 0 Å². The number of carbonyl (C=O) groups is 1. The molecule has 1 aliphatic heterocycles. The summed E-state index contributed by atoms with van der Waals surface area (Å²) in [6, 6.07) is 1.83. The van der Waals surface area contributed by atoms with Gasteiger partial charge >= 0.3 is 0 Å². The number of nitrogens with one attached hydrogen (secondary N) is 1. The van der Waals surface area contributed by atoms with Crippen molar-refractivity contribution >= 4 is 11.9 Å². The van der Waals surface area contributed by atoms with Crippen LogP contribution in [0.25, 0.3) is 0 Å². The number of carbonyl (C=O) groups excluding carboxylic acids is 1. The van der Waals surface area contributed by atoms with Gasteiger partial charge in [-0.05, 0) is 24.8 Å². The smallest absolute Gasteiger partial charge is 0.225 e. The molecule has 0 aliphatic carbocycles. The number of anilines is 1. The SMILES string of the molecule is CC(=O)NCC1CCN(c2ncccn2)CC1. The van der Waals surface area contributed by atoms with Crippen molar-refractivity contribution in [1.29, 1.82) is 0 Å². The first-order valence-corrected chi connectivity index (χ1v) is 6.02. The molecule has 0 aromatic carbocycles. The van der Waals surface area contributed by atoms with E-state index >= 15 is 0 Å². The summed E-state index contributed by atoms with van der Waals surface area (Å²) in [6.07, 6.45) is 5.70. The molecule has 2 rings (SSSR count). The molecule has 0 bridgehead atoms. The Morgan fingerprint density at radius 3 is 2.65 bits per heavy atom. The van der Waals surface area contributed by atoms with E-state index in [-0.39, 0.29) is 5.91 Å². The molecule has 1 aromatic rings. The van der Waals surface area contributed by atoms with Crippen LogP contribution >= 0.6 is 0 Å². The van der Waals surface area contributed by atoms with Crippen LogP contribution in [0.5, 0.6) is 0 Å². The molecular formula is C12H18N4O. The molecule has 0 atom stereocenters. The highest BCUT2D eigenvalue weighted by molar-refractivity contribution is 5.72. The summed E-state index contributed by atoms with van der Waals surface area (Å²) in [5.41, 5.74) is 0. The van der Waals surface area contributed by atoms with Crippen LogP contribution < -0.4 is 10.2 Å². The van der Waals surface area contributed by atoms with E-state index in [1.807, 2.05) is 6.07 Å². The summed E-state index contributed by atoms with van der Waals surface area (Å²) in [5.74, 6) is 1.45. The van der Waals surface area contributed by atoms with Gasteiger partial charge in [0.2, 0.25) is 11.9 Å². The molecule has 5 nitrogen and oxygen atoms in total. The van der Waals surface area contributed by atoms with E-state index in [0.717, 1.165) is 38.4 Å². The largest absolute Gasteiger partial charge is 0.356 e. The fourth-order valence-electron chi connectivity index (χ4n) is 2.08. The van der Waals surface area contributed by atoms with Gasteiger partial charge in [0, 0.05) is 39.0 Å². The first kappa shape index (κ1) is 11.8. The minimum atomic E-state index is 0.0545.